The molecule has 7 nitrogen and oxygen atoms in total. The molecule has 1 aromatic rings. The number of aliphatic carboxylic acids is 1. The third-order valence-electron chi connectivity index (χ3n) is 5.68. The first kappa shape index (κ1) is 19.8. The van der Waals surface area contributed by atoms with Crippen LogP contribution in [-0.4, -0.2) is 49.4 Å². The third kappa shape index (κ3) is 4.16. The topological polar surface area (TPSA) is 104 Å². The highest BCUT2D eigenvalue weighted by Gasteiger charge is 2.45. The normalized spacial score (nSPS) is 19.4. The molecular formula is C19H26N2O5S. The molecule has 1 aromatic carbocycles. The van der Waals surface area contributed by atoms with Crippen LogP contribution in [0.15, 0.2) is 29.2 Å². The Kier molecular flexibility index (Phi) is 5.58. The van der Waals surface area contributed by atoms with E-state index in [1.54, 1.807) is 0 Å². The summed E-state index contributed by atoms with van der Waals surface area (Å²) in [4.78, 5) is 26.2. The Bertz CT molecular complexity index is 826. The summed E-state index contributed by atoms with van der Waals surface area (Å²) in [6.45, 7) is 0.405. The van der Waals surface area contributed by atoms with Crippen LogP contribution in [-0.2, 0) is 14.8 Å². The Balaban J connectivity index is 1.82. The minimum atomic E-state index is -3.69. The number of nitrogens with zero attached hydrogens (tertiary/aromatic N) is 1. The Labute approximate surface area is 159 Å². The molecular weight excluding hydrogens is 368 g/mol. The summed E-state index contributed by atoms with van der Waals surface area (Å²) >= 11 is 0. The first-order valence-electron chi connectivity index (χ1n) is 9.37. The van der Waals surface area contributed by atoms with Crippen molar-refractivity contribution in [1.29, 1.82) is 0 Å². The Morgan fingerprint density at radius 3 is 2.48 bits per heavy atom. The summed E-state index contributed by atoms with van der Waals surface area (Å²) in [7, 11) is -2.20. The van der Waals surface area contributed by atoms with Gasteiger partial charge in [-0.3, -0.25) is 4.79 Å². The average molecular weight is 394 g/mol. The number of rotatable bonds is 7. The molecule has 0 heterocycles. The molecule has 2 aliphatic carbocycles. The summed E-state index contributed by atoms with van der Waals surface area (Å²) in [6.07, 6.45) is 5.34. The summed E-state index contributed by atoms with van der Waals surface area (Å²) in [5.41, 5.74) is -1.05. The number of carbonyl (C=O) groups excluding carboxylic acids is 1. The Morgan fingerprint density at radius 1 is 1.22 bits per heavy atom. The van der Waals surface area contributed by atoms with Gasteiger partial charge in [0.1, 0.15) is 5.54 Å². The first-order chi connectivity index (χ1) is 12.8. The summed E-state index contributed by atoms with van der Waals surface area (Å²) in [6, 6.07) is 5.81. The van der Waals surface area contributed by atoms with Crippen LogP contribution in [0.2, 0.25) is 0 Å². The number of carboxylic acids is 1. The van der Waals surface area contributed by atoms with Crippen LogP contribution in [0.3, 0.4) is 0 Å². The lowest BCUT2D eigenvalue weighted by molar-refractivity contribution is -0.151. The molecule has 0 spiro atoms. The molecule has 1 amide bonds. The highest BCUT2D eigenvalue weighted by Crippen LogP contribution is 2.34. The van der Waals surface area contributed by atoms with Gasteiger partial charge in [0.25, 0.3) is 5.91 Å². The van der Waals surface area contributed by atoms with Crippen molar-refractivity contribution in [2.24, 2.45) is 5.92 Å². The van der Waals surface area contributed by atoms with E-state index in [9.17, 15) is 23.1 Å². The summed E-state index contributed by atoms with van der Waals surface area (Å²) < 4.78 is 27.5. The van der Waals surface area contributed by atoms with Crippen LogP contribution >= 0.6 is 0 Å². The van der Waals surface area contributed by atoms with Crippen LogP contribution in [0.1, 0.15) is 55.3 Å². The SMILES string of the molecule is CN(C(=O)c1cccc(S(=O)(=O)NCC2CC2)c1)C1(C(=O)O)CCCCC1. The van der Waals surface area contributed by atoms with E-state index < -0.39 is 27.4 Å². The van der Waals surface area contributed by atoms with Crippen molar-refractivity contribution in [3.05, 3.63) is 29.8 Å². The second-order valence-corrected chi connectivity index (χ2v) is 9.35. The van der Waals surface area contributed by atoms with E-state index in [-0.39, 0.29) is 10.5 Å². The predicted octanol–water partition coefficient (Wildman–Crippen LogP) is 2.23. The van der Waals surface area contributed by atoms with E-state index in [2.05, 4.69) is 4.72 Å². The molecule has 0 unspecified atom stereocenters. The largest absolute Gasteiger partial charge is 0.479 e. The number of benzene rings is 1. The monoisotopic (exact) mass is 394 g/mol. The molecule has 0 atom stereocenters. The van der Waals surface area contributed by atoms with E-state index in [4.69, 9.17) is 0 Å². The minimum Gasteiger partial charge on any atom is -0.479 e. The van der Waals surface area contributed by atoms with Crippen molar-refractivity contribution in [3.8, 4) is 0 Å². The van der Waals surface area contributed by atoms with Gasteiger partial charge in [0.05, 0.1) is 4.90 Å². The quantitative estimate of drug-likeness (QED) is 0.738. The van der Waals surface area contributed by atoms with Crippen LogP contribution in [0.25, 0.3) is 0 Å². The van der Waals surface area contributed by atoms with Gasteiger partial charge in [-0.05, 0) is 49.8 Å². The lowest BCUT2D eigenvalue weighted by atomic mass is 9.80. The number of hydrogen-bond donors (Lipinski definition) is 2. The van der Waals surface area contributed by atoms with Gasteiger partial charge in [-0.1, -0.05) is 25.3 Å². The smallest absolute Gasteiger partial charge is 0.329 e. The molecule has 2 N–H and O–H groups in total. The van der Waals surface area contributed by atoms with Crippen molar-refractivity contribution in [3.63, 3.8) is 0 Å². The number of carbonyl (C=O) groups is 2. The van der Waals surface area contributed by atoms with Gasteiger partial charge in [0.15, 0.2) is 0 Å². The maximum atomic E-state index is 13.0. The number of carboxylic acid groups (broad SMARTS) is 1. The molecule has 2 saturated carbocycles. The highest BCUT2D eigenvalue weighted by molar-refractivity contribution is 7.89. The van der Waals surface area contributed by atoms with Gasteiger partial charge in [-0.15, -0.1) is 0 Å². The first-order valence-corrected chi connectivity index (χ1v) is 10.9. The molecule has 2 aliphatic rings. The van der Waals surface area contributed by atoms with Crippen molar-refractivity contribution < 1.29 is 23.1 Å². The molecule has 3 rings (SSSR count). The maximum absolute atomic E-state index is 13.0. The van der Waals surface area contributed by atoms with Crippen LogP contribution < -0.4 is 4.72 Å². The minimum absolute atomic E-state index is 0.0235. The van der Waals surface area contributed by atoms with Gasteiger partial charge in [-0.25, -0.2) is 17.9 Å². The van der Waals surface area contributed by atoms with Gasteiger partial charge in [0.2, 0.25) is 10.0 Å². The summed E-state index contributed by atoms with van der Waals surface area (Å²) in [5.74, 6) is -1.08. The van der Waals surface area contributed by atoms with Crippen molar-refractivity contribution in [2.45, 2.75) is 55.4 Å². The van der Waals surface area contributed by atoms with Crippen LogP contribution in [0, 0.1) is 5.92 Å². The number of sulfonamides is 1. The second kappa shape index (κ2) is 7.59. The molecule has 148 valence electrons. The van der Waals surface area contributed by atoms with Crippen LogP contribution in [0.4, 0.5) is 0 Å². The Hall–Kier alpha value is -1.93. The maximum Gasteiger partial charge on any atom is 0.329 e. The third-order valence-corrected chi connectivity index (χ3v) is 7.10. The predicted molar refractivity (Wildman–Crippen MR) is 99.9 cm³/mol. The number of amides is 1. The summed E-state index contributed by atoms with van der Waals surface area (Å²) in [5, 5.41) is 9.77. The van der Waals surface area contributed by atoms with Crippen LogP contribution in [0.5, 0.6) is 0 Å². The molecule has 0 saturated heterocycles. The lowest BCUT2D eigenvalue weighted by Crippen LogP contribution is -2.56. The van der Waals surface area contributed by atoms with Crippen molar-refractivity contribution in [1.82, 2.24) is 9.62 Å². The molecule has 0 bridgehead atoms. The Morgan fingerprint density at radius 2 is 1.89 bits per heavy atom. The number of nitrogens with one attached hydrogen (secondary N) is 1. The molecule has 0 aromatic heterocycles. The zero-order valence-corrected chi connectivity index (χ0v) is 16.3. The molecule has 0 radical (unpaired) electrons. The van der Waals surface area contributed by atoms with E-state index in [0.717, 1.165) is 32.1 Å². The van der Waals surface area contributed by atoms with E-state index >= 15 is 0 Å². The molecule has 27 heavy (non-hydrogen) atoms. The fourth-order valence-electron chi connectivity index (χ4n) is 3.65. The lowest BCUT2D eigenvalue weighted by Gasteiger charge is -2.41. The van der Waals surface area contributed by atoms with E-state index in [1.165, 1.54) is 36.2 Å². The number of likely N-dealkylation sites (N-methyl/N-ethyl adjacent to an activating group) is 1. The van der Waals surface area contributed by atoms with Crippen molar-refractivity contribution >= 4 is 21.9 Å². The number of hydrogen-bond acceptors (Lipinski definition) is 4. The van der Waals surface area contributed by atoms with Gasteiger partial charge < -0.3 is 10.0 Å². The van der Waals surface area contributed by atoms with Crippen molar-refractivity contribution in [2.75, 3.05) is 13.6 Å². The zero-order valence-electron chi connectivity index (χ0n) is 15.5. The van der Waals surface area contributed by atoms with E-state index in [0.29, 0.717) is 25.3 Å². The van der Waals surface area contributed by atoms with Gasteiger partial charge in [-0.2, -0.15) is 0 Å². The average Bonchev–Trinajstić information content (AvgIpc) is 3.50. The molecule has 2 fully saturated rings. The standard InChI is InChI=1S/C19H26N2O5S/c1-21(19(18(23)24)10-3-2-4-11-19)17(22)15-6-5-7-16(12-15)27(25,26)20-13-14-8-9-14/h5-7,12,14,20H,2-4,8-11,13H2,1H3,(H,23,24). The molecule has 0 aliphatic heterocycles. The highest BCUT2D eigenvalue weighted by atomic mass is 32.2. The fraction of sp³-hybridized carbons (Fsp3) is 0.579. The zero-order chi connectivity index (χ0) is 19.7. The van der Waals surface area contributed by atoms with Gasteiger partial charge in [0, 0.05) is 19.2 Å². The second-order valence-electron chi connectivity index (χ2n) is 7.58. The van der Waals surface area contributed by atoms with E-state index in [1.807, 2.05) is 0 Å². The van der Waals surface area contributed by atoms with Gasteiger partial charge >= 0.3 is 5.97 Å². The fourth-order valence-corrected chi connectivity index (χ4v) is 4.81. The molecule has 8 heteroatoms.